The third kappa shape index (κ3) is 1.99. The summed E-state index contributed by atoms with van der Waals surface area (Å²) >= 11 is 1.51. The number of ether oxygens (including phenoxy) is 1. The minimum atomic E-state index is -0.542. The van der Waals surface area contributed by atoms with Crippen LogP contribution in [-0.4, -0.2) is 32.3 Å². The monoisotopic (exact) mass is 289 g/mol. The molecule has 8 heteroatoms. The number of nitrogens with two attached hydrogens (primary N) is 1. The molecule has 0 amide bonds. The van der Waals surface area contributed by atoms with E-state index in [2.05, 4.69) is 15.1 Å². The van der Waals surface area contributed by atoms with Gasteiger partial charge in [0.25, 0.3) is 0 Å². The van der Waals surface area contributed by atoms with E-state index in [1.165, 1.54) is 22.3 Å². The second-order valence-corrected chi connectivity index (χ2v) is 4.83. The normalized spacial score (nSPS) is 10.8. The van der Waals surface area contributed by atoms with Crippen LogP contribution >= 0.6 is 11.3 Å². The molecule has 3 aromatic rings. The quantitative estimate of drug-likeness (QED) is 0.736. The highest BCUT2D eigenvalue weighted by molar-refractivity contribution is 7.16. The third-order valence-corrected chi connectivity index (χ3v) is 3.49. The lowest BCUT2D eigenvalue weighted by atomic mass is 10.4. The van der Waals surface area contributed by atoms with Gasteiger partial charge >= 0.3 is 5.97 Å². The van der Waals surface area contributed by atoms with Gasteiger partial charge in [0, 0.05) is 0 Å². The average Bonchev–Trinajstić information content (AvgIpc) is 3.04. The molecule has 0 atom stereocenters. The van der Waals surface area contributed by atoms with E-state index in [0.717, 1.165) is 10.2 Å². The van der Waals surface area contributed by atoms with Crippen molar-refractivity contribution in [2.45, 2.75) is 6.92 Å². The van der Waals surface area contributed by atoms with Gasteiger partial charge in [-0.15, -0.1) is 11.3 Å². The number of nitrogen functional groups attached to an aromatic ring is 1. The first-order valence-corrected chi connectivity index (χ1v) is 6.79. The number of hydrogen-bond acceptors (Lipinski definition) is 7. The van der Waals surface area contributed by atoms with E-state index in [1.807, 2.05) is 11.4 Å². The number of thiophene rings is 1. The molecular weight excluding hydrogens is 278 g/mol. The minimum absolute atomic E-state index is 0.0915. The molecule has 0 spiro atoms. The van der Waals surface area contributed by atoms with Gasteiger partial charge < -0.3 is 10.5 Å². The van der Waals surface area contributed by atoms with Crippen molar-refractivity contribution in [2.75, 3.05) is 12.3 Å². The number of esters is 1. The van der Waals surface area contributed by atoms with Crippen LogP contribution in [0.1, 0.15) is 17.4 Å². The van der Waals surface area contributed by atoms with Crippen molar-refractivity contribution in [3.8, 4) is 5.82 Å². The number of rotatable bonds is 3. The summed E-state index contributed by atoms with van der Waals surface area (Å²) in [6.07, 6.45) is 3.00. The van der Waals surface area contributed by atoms with Crippen molar-refractivity contribution in [2.24, 2.45) is 0 Å². The van der Waals surface area contributed by atoms with Crippen LogP contribution in [0.15, 0.2) is 24.0 Å². The van der Waals surface area contributed by atoms with Crippen molar-refractivity contribution in [3.63, 3.8) is 0 Å². The Hall–Kier alpha value is -2.48. The summed E-state index contributed by atoms with van der Waals surface area (Å²) in [5.41, 5.74) is 6.15. The smallest absolute Gasteiger partial charge is 0.361 e. The van der Waals surface area contributed by atoms with Crippen molar-refractivity contribution in [1.82, 2.24) is 19.7 Å². The topological polar surface area (TPSA) is 95.9 Å². The van der Waals surface area contributed by atoms with E-state index in [4.69, 9.17) is 10.5 Å². The lowest BCUT2D eigenvalue weighted by Gasteiger charge is -2.01. The predicted octanol–water partition coefficient (Wildman–Crippen LogP) is 1.64. The van der Waals surface area contributed by atoms with Crippen molar-refractivity contribution in [1.29, 1.82) is 0 Å². The van der Waals surface area contributed by atoms with Gasteiger partial charge in [-0.1, -0.05) is 0 Å². The molecule has 0 radical (unpaired) electrons. The fraction of sp³-hybridized carbons (Fsp3) is 0.167. The number of aromatic nitrogens is 4. The number of carbonyl (C=O) groups excluding carboxylic acids is 1. The van der Waals surface area contributed by atoms with Crippen molar-refractivity contribution in [3.05, 3.63) is 29.7 Å². The summed E-state index contributed by atoms with van der Waals surface area (Å²) in [6, 6.07) is 1.90. The van der Waals surface area contributed by atoms with Gasteiger partial charge in [0.2, 0.25) is 0 Å². The van der Waals surface area contributed by atoms with Gasteiger partial charge in [0.05, 0.1) is 23.9 Å². The average molecular weight is 289 g/mol. The molecule has 3 aromatic heterocycles. The van der Waals surface area contributed by atoms with Crippen LogP contribution in [0, 0.1) is 0 Å². The SMILES string of the molecule is CCOC(=O)c1nn(-c2ncnc3sccc23)cc1N. The molecule has 0 aromatic carbocycles. The summed E-state index contributed by atoms with van der Waals surface area (Å²) in [7, 11) is 0. The zero-order valence-corrected chi connectivity index (χ0v) is 11.4. The first-order chi connectivity index (χ1) is 9.70. The molecule has 2 N–H and O–H groups in total. The summed E-state index contributed by atoms with van der Waals surface area (Å²) < 4.78 is 6.38. The Kier molecular flexibility index (Phi) is 3.07. The van der Waals surface area contributed by atoms with Gasteiger partial charge in [0.15, 0.2) is 11.5 Å². The van der Waals surface area contributed by atoms with Gasteiger partial charge in [-0.2, -0.15) is 5.10 Å². The molecule has 20 heavy (non-hydrogen) atoms. The first-order valence-electron chi connectivity index (χ1n) is 5.91. The molecular formula is C12H11N5O2S. The number of carbonyl (C=O) groups is 1. The maximum atomic E-state index is 11.7. The highest BCUT2D eigenvalue weighted by Gasteiger charge is 2.18. The van der Waals surface area contributed by atoms with E-state index in [0.29, 0.717) is 5.82 Å². The fourth-order valence-electron chi connectivity index (χ4n) is 1.81. The number of nitrogens with zero attached hydrogens (tertiary/aromatic N) is 4. The minimum Gasteiger partial charge on any atom is -0.461 e. The van der Waals surface area contributed by atoms with Crippen LogP contribution in [0.2, 0.25) is 0 Å². The molecule has 7 nitrogen and oxygen atoms in total. The second-order valence-electron chi connectivity index (χ2n) is 3.93. The molecule has 102 valence electrons. The Morgan fingerprint density at radius 3 is 3.15 bits per heavy atom. The van der Waals surface area contributed by atoms with E-state index in [9.17, 15) is 4.79 Å². The van der Waals surface area contributed by atoms with Crippen LogP contribution in [0.5, 0.6) is 0 Å². The lowest BCUT2D eigenvalue weighted by Crippen LogP contribution is -2.08. The van der Waals surface area contributed by atoms with Crippen LogP contribution < -0.4 is 5.73 Å². The molecule has 0 saturated carbocycles. The summed E-state index contributed by atoms with van der Waals surface area (Å²) in [4.78, 5) is 20.9. The van der Waals surface area contributed by atoms with Crippen molar-refractivity contribution >= 4 is 33.2 Å². The molecule has 0 aliphatic carbocycles. The second kappa shape index (κ2) is 4.89. The standard InChI is InChI=1S/C12H11N5O2S/c1-2-19-12(18)9-8(13)5-17(16-9)10-7-3-4-20-11(7)15-6-14-10/h3-6H,2,13H2,1H3. The number of fused-ring (bicyclic) bond motifs is 1. The van der Waals surface area contributed by atoms with Gasteiger partial charge in [0.1, 0.15) is 11.2 Å². The summed E-state index contributed by atoms with van der Waals surface area (Å²) in [5.74, 6) is 0.0397. The molecule has 0 aliphatic rings. The van der Waals surface area contributed by atoms with Gasteiger partial charge in [-0.3, -0.25) is 0 Å². The number of anilines is 1. The zero-order valence-electron chi connectivity index (χ0n) is 10.6. The maximum Gasteiger partial charge on any atom is 0.361 e. The molecule has 0 fully saturated rings. The Morgan fingerprint density at radius 1 is 1.50 bits per heavy atom. The third-order valence-electron chi connectivity index (χ3n) is 2.67. The first kappa shape index (κ1) is 12.5. The Bertz CT molecular complexity index is 779. The summed E-state index contributed by atoms with van der Waals surface area (Å²) in [5, 5.41) is 6.94. The van der Waals surface area contributed by atoms with Crippen LogP contribution in [0.25, 0.3) is 16.0 Å². The number of hydrogen-bond donors (Lipinski definition) is 1. The fourth-order valence-corrected chi connectivity index (χ4v) is 2.54. The molecule has 0 bridgehead atoms. The van der Waals surface area contributed by atoms with E-state index in [1.54, 1.807) is 13.1 Å². The highest BCUT2D eigenvalue weighted by Crippen LogP contribution is 2.24. The largest absolute Gasteiger partial charge is 0.461 e. The highest BCUT2D eigenvalue weighted by atomic mass is 32.1. The van der Waals surface area contributed by atoms with Crippen LogP contribution in [0.4, 0.5) is 5.69 Å². The molecule has 0 saturated heterocycles. The van der Waals surface area contributed by atoms with Gasteiger partial charge in [-0.25, -0.2) is 19.4 Å². The van der Waals surface area contributed by atoms with Crippen LogP contribution in [-0.2, 0) is 4.74 Å². The Morgan fingerprint density at radius 2 is 2.35 bits per heavy atom. The Labute approximate surface area is 118 Å². The predicted molar refractivity (Wildman–Crippen MR) is 74.9 cm³/mol. The molecule has 3 heterocycles. The summed E-state index contributed by atoms with van der Waals surface area (Å²) in [6.45, 7) is 2.00. The molecule has 0 unspecified atom stereocenters. The van der Waals surface area contributed by atoms with E-state index in [-0.39, 0.29) is 18.0 Å². The maximum absolute atomic E-state index is 11.7. The lowest BCUT2D eigenvalue weighted by molar-refractivity contribution is 0.0520. The zero-order chi connectivity index (χ0) is 14.1. The molecule has 0 aliphatic heterocycles. The van der Waals surface area contributed by atoms with E-state index >= 15 is 0 Å². The van der Waals surface area contributed by atoms with Crippen LogP contribution in [0.3, 0.4) is 0 Å². The Balaban J connectivity index is 2.09. The molecule has 3 rings (SSSR count). The van der Waals surface area contributed by atoms with E-state index < -0.39 is 5.97 Å². The van der Waals surface area contributed by atoms with Crippen molar-refractivity contribution < 1.29 is 9.53 Å². The van der Waals surface area contributed by atoms with Gasteiger partial charge in [-0.05, 0) is 18.4 Å².